The van der Waals surface area contributed by atoms with Crippen LogP contribution in [0.4, 0.5) is 0 Å². The second-order valence-electron chi connectivity index (χ2n) is 7.44. The molecule has 0 radical (unpaired) electrons. The average molecular weight is 306 g/mol. The molecule has 0 aromatic heterocycles. The zero-order valence-corrected chi connectivity index (χ0v) is 14.5. The second kappa shape index (κ2) is 7.64. The standard InChI is InChI=1S/C17H30N4O/c1-6-7-8-19-15(22)13(11-18)12-20-14-9-16(2,3)21-17(4,5)10-14/h12,14,20-21H,6-10H2,1-5H3,(H,19,22). The topological polar surface area (TPSA) is 77.0 Å². The lowest BCUT2D eigenvalue weighted by Gasteiger charge is -2.46. The first-order valence-electron chi connectivity index (χ1n) is 8.13. The van der Waals surface area contributed by atoms with Crippen molar-refractivity contribution in [3.05, 3.63) is 11.8 Å². The largest absolute Gasteiger partial charge is 0.387 e. The Morgan fingerprint density at radius 2 is 1.91 bits per heavy atom. The van der Waals surface area contributed by atoms with Gasteiger partial charge in [0.25, 0.3) is 5.91 Å². The van der Waals surface area contributed by atoms with Gasteiger partial charge in [-0.25, -0.2) is 0 Å². The Labute approximate surface area is 134 Å². The van der Waals surface area contributed by atoms with Gasteiger partial charge in [0.1, 0.15) is 11.6 Å². The van der Waals surface area contributed by atoms with E-state index in [1.54, 1.807) is 6.20 Å². The molecule has 1 rings (SSSR count). The smallest absolute Gasteiger partial charge is 0.263 e. The van der Waals surface area contributed by atoms with Gasteiger partial charge in [-0.15, -0.1) is 0 Å². The summed E-state index contributed by atoms with van der Waals surface area (Å²) >= 11 is 0. The summed E-state index contributed by atoms with van der Waals surface area (Å²) < 4.78 is 0. The highest BCUT2D eigenvalue weighted by molar-refractivity contribution is 5.97. The molecule has 0 bridgehead atoms. The lowest BCUT2D eigenvalue weighted by Crippen LogP contribution is -2.61. The van der Waals surface area contributed by atoms with E-state index in [0.717, 1.165) is 25.7 Å². The van der Waals surface area contributed by atoms with E-state index in [2.05, 4.69) is 50.6 Å². The fourth-order valence-electron chi connectivity index (χ4n) is 3.26. The van der Waals surface area contributed by atoms with Crippen LogP contribution in [0.25, 0.3) is 0 Å². The molecule has 0 unspecified atom stereocenters. The van der Waals surface area contributed by atoms with Crippen LogP contribution >= 0.6 is 0 Å². The van der Waals surface area contributed by atoms with Gasteiger partial charge < -0.3 is 16.0 Å². The number of hydrogen-bond acceptors (Lipinski definition) is 4. The van der Waals surface area contributed by atoms with Crippen molar-refractivity contribution in [2.24, 2.45) is 0 Å². The van der Waals surface area contributed by atoms with E-state index in [-0.39, 0.29) is 28.6 Å². The number of carbonyl (C=O) groups is 1. The highest BCUT2D eigenvalue weighted by Gasteiger charge is 2.37. The molecule has 1 aliphatic heterocycles. The van der Waals surface area contributed by atoms with Crippen molar-refractivity contribution in [2.75, 3.05) is 6.54 Å². The Morgan fingerprint density at radius 3 is 2.41 bits per heavy atom. The second-order valence-corrected chi connectivity index (χ2v) is 7.44. The summed E-state index contributed by atoms with van der Waals surface area (Å²) in [6.45, 7) is 11.4. The molecule has 22 heavy (non-hydrogen) atoms. The maximum Gasteiger partial charge on any atom is 0.263 e. The molecule has 0 atom stereocenters. The van der Waals surface area contributed by atoms with Gasteiger partial charge in [-0.1, -0.05) is 13.3 Å². The maximum atomic E-state index is 11.9. The van der Waals surface area contributed by atoms with Crippen molar-refractivity contribution in [3.63, 3.8) is 0 Å². The van der Waals surface area contributed by atoms with Crippen LogP contribution < -0.4 is 16.0 Å². The van der Waals surface area contributed by atoms with Crippen LogP contribution in [0.1, 0.15) is 60.3 Å². The van der Waals surface area contributed by atoms with Gasteiger partial charge in [-0.2, -0.15) is 5.26 Å². The lowest BCUT2D eigenvalue weighted by molar-refractivity contribution is -0.117. The fraction of sp³-hybridized carbons (Fsp3) is 0.765. The van der Waals surface area contributed by atoms with E-state index < -0.39 is 0 Å². The minimum atomic E-state index is -0.295. The average Bonchev–Trinajstić information content (AvgIpc) is 2.36. The number of hydrogen-bond donors (Lipinski definition) is 3. The van der Waals surface area contributed by atoms with Gasteiger partial charge in [0.2, 0.25) is 0 Å². The monoisotopic (exact) mass is 306 g/mol. The van der Waals surface area contributed by atoms with Gasteiger partial charge in [-0.05, 0) is 47.0 Å². The summed E-state index contributed by atoms with van der Waals surface area (Å²) in [7, 11) is 0. The van der Waals surface area contributed by atoms with E-state index in [4.69, 9.17) is 5.26 Å². The number of carbonyl (C=O) groups excluding carboxylic acids is 1. The normalized spacial score (nSPS) is 21.0. The summed E-state index contributed by atoms with van der Waals surface area (Å²) in [5.41, 5.74) is 0.206. The first kappa shape index (κ1) is 18.5. The molecule has 5 nitrogen and oxygen atoms in total. The Kier molecular flexibility index (Phi) is 6.43. The quantitative estimate of drug-likeness (QED) is 0.399. The Balaban J connectivity index is 2.64. The zero-order chi connectivity index (χ0) is 16.8. The third-order valence-corrected chi connectivity index (χ3v) is 3.83. The van der Waals surface area contributed by atoms with E-state index >= 15 is 0 Å². The first-order valence-corrected chi connectivity index (χ1v) is 8.13. The molecule has 124 valence electrons. The molecule has 0 spiro atoms. The van der Waals surface area contributed by atoms with Crippen molar-refractivity contribution >= 4 is 5.91 Å². The van der Waals surface area contributed by atoms with Crippen molar-refractivity contribution in [3.8, 4) is 6.07 Å². The van der Waals surface area contributed by atoms with E-state index in [9.17, 15) is 4.79 Å². The summed E-state index contributed by atoms with van der Waals surface area (Å²) in [5.74, 6) is -0.295. The Hall–Kier alpha value is -1.54. The third-order valence-electron chi connectivity index (χ3n) is 3.83. The van der Waals surface area contributed by atoms with Crippen LogP contribution in [-0.2, 0) is 4.79 Å². The number of amides is 1. The number of nitrogens with zero attached hydrogens (tertiary/aromatic N) is 1. The fourth-order valence-corrected chi connectivity index (χ4v) is 3.26. The number of unbranched alkanes of at least 4 members (excludes halogenated alkanes) is 1. The zero-order valence-electron chi connectivity index (χ0n) is 14.5. The van der Waals surface area contributed by atoms with Crippen molar-refractivity contribution < 1.29 is 4.79 Å². The lowest BCUT2D eigenvalue weighted by atomic mass is 9.80. The Morgan fingerprint density at radius 1 is 1.32 bits per heavy atom. The van der Waals surface area contributed by atoms with Crippen molar-refractivity contribution in [2.45, 2.75) is 77.4 Å². The molecule has 0 aromatic rings. The van der Waals surface area contributed by atoms with Gasteiger partial charge in [0.05, 0.1) is 0 Å². The van der Waals surface area contributed by atoms with Crippen LogP contribution in [0, 0.1) is 11.3 Å². The minimum absolute atomic E-state index is 0.0312. The molecule has 1 amide bonds. The predicted octanol–water partition coefficient (Wildman–Crippen LogP) is 2.21. The summed E-state index contributed by atoms with van der Waals surface area (Å²) in [6.07, 6.45) is 5.41. The van der Waals surface area contributed by atoms with E-state index in [1.165, 1.54) is 0 Å². The molecule has 3 N–H and O–H groups in total. The molecule has 1 heterocycles. The molecule has 1 fully saturated rings. The number of rotatable bonds is 6. The third kappa shape index (κ3) is 6.07. The van der Waals surface area contributed by atoms with Crippen LogP contribution in [0.15, 0.2) is 11.8 Å². The van der Waals surface area contributed by atoms with Gasteiger partial charge in [0, 0.05) is 29.9 Å². The maximum absolute atomic E-state index is 11.9. The van der Waals surface area contributed by atoms with Crippen molar-refractivity contribution in [1.82, 2.24) is 16.0 Å². The molecule has 1 saturated heterocycles. The minimum Gasteiger partial charge on any atom is -0.387 e. The van der Waals surface area contributed by atoms with Crippen LogP contribution in [0.3, 0.4) is 0 Å². The van der Waals surface area contributed by atoms with Crippen LogP contribution in [0.2, 0.25) is 0 Å². The van der Waals surface area contributed by atoms with Crippen molar-refractivity contribution in [1.29, 1.82) is 5.26 Å². The molecule has 0 aliphatic carbocycles. The van der Waals surface area contributed by atoms with Crippen LogP contribution in [-0.4, -0.2) is 29.6 Å². The first-order chi connectivity index (χ1) is 10.2. The summed E-state index contributed by atoms with van der Waals surface area (Å²) in [6, 6.07) is 2.23. The number of piperidine rings is 1. The predicted molar refractivity (Wildman–Crippen MR) is 89.1 cm³/mol. The molecule has 5 heteroatoms. The van der Waals surface area contributed by atoms with Gasteiger partial charge in [0.15, 0.2) is 0 Å². The SMILES string of the molecule is CCCCNC(=O)C(C#N)=CNC1CC(C)(C)NC(C)(C)C1. The Bertz CT molecular complexity index is 444. The molecule has 1 aliphatic rings. The number of nitrogens with one attached hydrogen (secondary N) is 3. The highest BCUT2D eigenvalue weighted by Crippen LogP contribution is 2.28. The molecular weight excluding hydrogens is 276 g/mol. The van der Waals surface area contributed by atoms with E-state index in [0.29, 0.717) is 6.54 Å². The van der Waals surface area contributed by atoms with E-state index in [1.807, 2.05) is 6.07 Å². The van der Waals surface area contributed by atoms with Crippen LogP contribution in [0.5, 0.6) is 0 Å². The molecule has 0 aromatic carbocycles. The number of nitriles is 1. The summed E-state index contributed by atoms with van der Waals surface area (Å²) in [4.78, 5) is 11.9. The van der Waals surface area contributed by atoms with Gasteiger partial charge in [-0.3, -0.25) is 4.79 Å². The van der Waals surface area contributed by atoms with Gasteiger partial charge >= 0.3 is 0 Å². The molecular formula is C17H30N4O. The highest BCUT2D eigenvalue weighted by atomic mass is 16.1. The summed E-state index contributed by atoms with van der Waals surface area (Å²) in [5, 5.41) is 18.8. The molecule has 0 saturated carbocycles.